The highest BCUT2D eigenvalue weighted by Gasteiger charge is 2.53. The third kappa shape index (κ3) is 6.53. The number of piperidine rings is 1. The van der Waals surface area contributed by atoms with E-state index in [-0.39, 0.29) is 24.7 Å². The molecule has 3 rings (SSSR count). The maximum absolute atomic E-state index is 14.3. The summed E-state index contributed by atoms with van der Waals surface area (Å²) in [6.07, 6.45) is 0.378. The molecule has 2 aromatic rings. The van der Waals surface area contributed by atoms with Crippen molar-refractivity contribution in [1.82, 2.24) is 9.62 Å². The molecule has 5 atom stereocenters. The molecule has 0 saturated carbocycles. The van der Waals surface area contributed by atoms with Gasteiger partial charge in [0.25, 0.3) is 0 Å². The number of nitrogens with zero attached hydrogens (tertiary/aromatic N) is 1. The summed E-state index contributed by atoms with van der Waals surface area (Å²) in [5.41, 5.74) is 0.477. The lowest BCUT2D eigenvalue weighted by Gasteiger charge is -2.53. The van der Waals surface area contributed by atoms with Crippen molar-refractivity contribution in [3.63, 3.8) is 0 Å². The summed E-state index contributed by atoms with van der Waals surface area (Å²) >= 11 is 12.6. The van der Waals surface area contributed by atoms with Gasteiger partial charge in [0.05, 0.1) is 23.1 Å². The number of amides is 1. The first-order valence-corrected chi connectivity index (χ1v) is 15.1. The van der Waals surface area contributed by atoms with Gasteiger partial charge in [-0.3, -0.25) is 9.59 Å². The molecule has 0 radical (unpaired) electrons. The smallest absolute Gasteiger partial charge is 0.304 e. The lowest BCUT2D eigenvalue weighted by Crippen LogP contribution is -2.60. The number of benzene rings is 2. The van der Waals surface area contributed by atoms with E-state index in [2.05, 4.69) is 4.72 Å². The Balaban J connectivity index is 2.25. The summed E-state index contributed by atoms with van der Waals surface area (Å²) in [5.74, 6) is -1.70. The molecule has 5 unspecified atom stereocenters. The minimum atomic E-state index is -3.63. The molecule has 0 spiro atoms. The van der Waals surface area contributed by atoms with E-state index in [4.69, 9.17) is 23.2 Å². The summed E-state index contributed by atoms with van der Waals surface area (Å²) in [4.78, 5) is 28.0. The molecule has 0 aromatic heterocycles. The highest BCUT2D eigenvalue weighted by Crippen LogP contribution is 2.52. The van der Waals surface area contributed by atoms with E-state index in [9.17, 15) is 23.1 Å². The third-order valence-electron chi connectivity index (χ3n) is 7.46. The van der Waals surface area contributed by atoms with Crippen molar-refractivity contribution in [3.05, 3.63) is 69.7 Å². The van der Waals surface area contributed by atoms with E-state index in [1.54, 1.807) is 50.8 Å². The van der Waals surface area contributed by atoms with Gasteiger partial charge in [-0.25, -0.2) is 13.1 Å². The van der Waals surface area contributed by atoms with Crippen LogP contribution in [0, 0.1) is 5.41 Å². The van der Waals surface area contributed by atoms with Crippen LogP contribution in [0.4, 0.5) is 0 Å². The summed E-state index contributed by atoms with van der Waals surface area (Å²) in [6, 6.07) is 12.9. The van der Waals surface area contributed by atoms with E-state index in [1.165, 1.54) is 0 Å². The zero-order valence-electron chi connectivity index (χ0n) is 22.3. The number of carboxylic acids is 1. The molecule has 208 valence electrons. The Hall–Kier alpha value is -2.13. The fraction of sp³-hybridized carbons (Fsp3) is 0.500. The second-order valence-corrected chi connectivity index (χ2v) is 13.8. The number of carbonyl (C=O) groups excluding carboxylic acids is 1. The van der Waals surface area contributed by atoms with Gasteiger partial charge in [0.2, 0.25) is 15.9 Å². The number of nitrogens with one attached hydrogen (secondary N) is 1. The number of hydrogen-bond donors (Lipinski definition) is 2. The number of sulfonamides is 1. The minimum Gasteiger partial charge on any atom is -0.481 e. The van der Waals surface area contributed by atoms with Gasteiger partial charge in [0.1, 0.15) is 0 Å². The zero-order chi connectivity index (χ0) is 28.4. The normalized spacial score (nSPS) is 23.9. The van der Waals surface area contributed by atoms with E-state index in [1.807, 2.05) is 37.3 Å². The molecular formula is C28H36Cl2N2O5S. The van der Waals surface area contributed by atoms with Crippen molar-refractivity contribution in [1.29, 1.82) is 0 Å². The van der Waals surface area contributed by atoms with Crippen LogP contribution in [0.5, 0.6) is 0 Å². The Kier molecular flexibility index (Phi) is 9.56. The van der Waals surface area contributed by atoms with Crippen LogP contribution in [-0.2, 0) is 19.6 Å². The topological polar surface area (TPSA) is 104 Å². The van der Waals surface area contributed by atoms with Gasteiger partial charge in [-0.15, -0.1) is 0 Å². The molecular weight excluding hydrogens is 547 g/mol. The molecule has 38 heavy (non-hydrogen) atoms. The predicted octanol–water partition coefficient (Wildman–Crippen LogP) is 6.03. The average Bonchev–Trinajstić information content (AvgIpc) is 2.82. The SMILES string of the molecule is CCC(C(C)NS(=O)(=O)C(C)C)N1C(=O)C(C)(CC(=O)O)CC(c2cccc(Cl)c2)C1c1ccc(Cl)cc1. The summed E-state index contributed by atoms with van der Waals surface area (Å²) < 4.78 is 28.3. The van der Waals surface area contributed by atoms with Gasteiger partial charge in [0, 0.05) is 28.0 Å². The largest absolute Gasteiger partial charge is 0.481 e. The van der Waals surface area contributed by atoms with E-state index >= 15 is 0 Å². The Morgan fingerprint density at radius 3 is 2.26 bits per heavy atom. The molecule has 0 bridgehead atoms. The maximum Gasteiger partial charge on any atom is 0.304 e. The Morgan fingerprint density at radius 2 is 1.74 bits per heavy atom. The van der Waals surface area contributed by atoms with Crippen molar-refractivity contribution in [2.75, 3.05) is 0 Å². The second kappa shape index (κ2) is 11.9. The molecule has 10 heteroatoms. The van der Waals surface area contributed by atoms with Gasteiger partial charge in [-0.05, 0) is 69.0 Å². The monoisotopic (exact) mass is 582 g/mol. The molecule has 2 N–H and O–H groups in total. The predicted molar refractivity (Wildman–Crippen MR) is 151 cm³/mol. The zero-order valence-corrected chi connectivity index (χ0v) is 24.6. The molecule has 1 fully saturated rings. The van der Waals surface area contributed by atoms with Gasteiger partial charge in [-0.1, -0.05) is 61.3 Å². The summed E-state index contributed by atoms with van der Waals surface area (Å²) in [7, 11) is -3.63. The number of rotatable bonds is 10. The van der Waals surface area contributed by atoms with Crippen LogP contribution in [0.15, 0.2) is 48.5 Å². The van der Waals surface area contributed by atoms with Crippen LogP contribution in [0.2, 0.25) is 10.0 Å². The Morgan fingerprint density at radius 1 is 1.11 bits per heavy atom. The van der Waals surface area contributed by atoms with E-state index < -0.39 is 44.8 Å². The van der Waals surface area contributed by atoms with E-state index in [0.29, 0.717) is 16.5 Å². The number of aliphatic carboxylic acids is 1. The van der Waals surface area contributed by atoms with Crippen molar-refractivity contribution in [2.45, 2.75) is 83.2 Å². The van der Waals surface area contributed by atoms with Crippen LogP contribution in [0.25, 0.3) is 0 Å². The van der Waals surface area contributed by atoms with Crippen LogP contribution in [0.1, 0.15) is 77.0 Å². The summed E-state index contributed by atoms with van der Waals surface area (Å²) in [6.45, 7) is 8.52. The standard InChI is InChI=1S/C28H36Cl2N2O5S/c1-6-24(18(4)31-38(36,37)17(2)3)32-26(19-10-12-21(29)13-11-19)23(20-8-7-9-22(30)14-20)15-28(5,27(32)35)16-25(33)34/h7-14,17-18,23-24,26,31H,6,15-16H2,1-5H3,(H,33,34). The molecule has 2 aromatic carbocycles. The van der Waals surface area contributed by atoms with Crippen molar-refractivity contribution in [2.24, 2.45) is 5.41 Å². The highest BCUT2D eigenvalue weighted by molar-refractivity contribution is 7.90. The lowest BCUT2D eigenvalue weighted by molar-refractivity contribution is -0.161. The number of halogens is 2. The first-order chi connectivity index (χ1) is 17.7. The lowest BCUT2D eigenvalue weighted by atomic mass is 9.66. The van der Waals surface area contributed by atoms with Gasteiger partial charge in [0.15, 0.2) is 0 Å². The quantitative estimate of drug-likeness (QED) is 0.356. The summed E-state index contributed by atoms with van der Waals surface area (Å²) in [5, 5.41) is 10.2. The van der Waals surface area contributed by atoms with Gasteiger partial charge >= 0.3 is 5.97 Å². The number of likely N-dealkylation sites (tertiary alicyclic amines) is 1. The Bertz CT molecular complexity index is 1270. The first-order valence-electron chi connectivity index (χ1n) is 12.8. The molecule has 1 heterocycles. The Labute approximate surface area is 235 Å². The fourth-order valence-corrected chi connectivity index (χ4v) is 6.78. The number of carbonyl (C=O) groups is 2. The van der Waals surface area contributed by atoms with Crippen LogP contribution in [0.3, 0.4) is 0 Å². The van der Waals surface area contributed by atoms with E-state index in [0.717, 1.165) is 11.1 Å². The fourth-order valence-electron chi connectivity index (χ4n) is 5.51. The highest BCUT2D eigenvalue weighted by atomic mass is 35.5. The van der Waals surface area contributed by atoms with Crippen LogP contribution in [-0.4, -0.2) is 47.6 Å². The number of carboxylic acid groups (broad SMARTS) is 1. The molecule has 1 aliphatic rings. The first kappa shape index (κ1) is 30.4. The number of hydrogen-bond acceptors (Lipinski definition) is 4. The molecule has 7 nitrogen and oxygen atoms in total. The minimum absolute atomic E-state index is 0.283. The van der Waals surface area contributed by atoms with Crippen LogP contribution >= 0.6 is 23.2 Å². The third-order valence-corrected chi connectivity index (χ3v) is 9.88. The van der Waals surface area contributed by atoms with Crippen LogP contribution < -0.4 is 4.72 Å². The van der Waals surface area contributed by atoms with Crippen molar-refractivity contribution >= 4 is 45.1 Å². The maximum atomic E-state index is 14.3. The van der Waals surface area contributed by atoms with Gasteiger partial charge < -0.3 is 10.0 Å². The van der Waals surface area contributed by atoms with Gasteiger partial charge in [-0.2, -0.15) is 0 Å². The van der Waals surface area contributed by atoms with Crippen molar-refractivity contribution in [3.8, 4) is 0 Å². The van der Waals surface area contributed by atoms with Crippen molar-refractivity contribution < 1.29 is 23.1 Å². The molecule has 0 aliphatic carbocycles. The average molecular weight is 584 g/mol. The molecule has 1 amide bonds. The molecule has 1 aliphatic heterocycles. The second-order valence-electron chi connectivity index (χ2n) is 10.7. The molecule has 1 saturated heterocycles.